The number of aromatic nitrogens is 2. The highest BCUT2D eigenvalue weighted by molar-refractivity contribution is 5.99. The molecule has 2 heterocycles. The molecule has 9 nitrogen and oxygen atoms in total. The number of nitrogens with two attached hydrogens (primary N) is 1. The molecule has 0 saturated carbocycles. The van der Waals surface area contributed by atoms with Crippen molar-refractivity contribution in [1.29, 1.82) is 10.8 Å². The van der Waals surface area contributed by atoms with Crippen molar-refractivity contribution in [3.63, 3.8) is 0 Å². The van der Waals surface area contributed by atoms with E-state index in [2.05, 4.69) is 4.90 Å². The molecule has 4 N–H and O–H groups in total. The number of benzene rings is 3. The van der Waals surface area contributed by atoms with Crippen LogP contribution in [-0.4, -0.2) is 51.1 Å². The Bertz CT molecular complexity index is 1500. The Morgan fingerprint density at radius 3 is 2.24 bits per heavy atom. The highest BCUT2D eigenvalue weighted by Crippen LogP contribution is 2.24. The third-order valence-electron chi connectivity index (χ3n) is 6.95. The molecule has 1 saturated heterocycles. The van der Waals surface area contributed by atoms with E-state index in [0.717, 1.165) is 37.2 Å². The van der Waals surface area contributed by atoms with E-state index in [1.807, 2.05) is 60.0 Å². The van der Waals surface area contributed by atoms with Crippen LogP contribution in [-0.2, 0) is 13.2 Å². The Balaban J connectivity index is 0.00000231. The van der Waals surface area contributed by atoms with Crippen molar-refractivity contribution in [1.82, 2.24) is 14.5 Å². The number of imidazole rings is 1. The average molecular weight is 598 g/mol. The number of nitrogens with one attached hydrogen (secondary N) is 2. The van der Waals surface area contributed by atoms with Gasteiger partial charge in [0.05, 0.1) is 23.4 Å². The predicted molar refractivity (Wildman–Crippen MR) is 165 cm³/mol. The summed E-state index contributed by atoms with van der Waals surface area (Å²) in [6.45, 7) is 3.76. The van der Waals surface area contributed by atoms with Crippen molar-refractivity contribution in [2.24, 2.45) is 5.73 Å². The maximum absolute atomic E-state index is 13.0. The van der Waals surface area contributed by atoms with E-state index in [1.165, 1.54) is 0 Å². The molecule has 0 atom stereocenters. The standard InChI is InChI=1S/C30H32N6O3.2ClH/c1-20(31)35-15-13-25(14-16-35)39-24-10-8-23(9-11-24)38-19-29-34-26-17-22(30(32)33)7-12-27(26)36(29)18-28(37)21-5-3-2-4-6-21;;/h2-12,17,25,31H,13-16,18-19H2,1H3,(H3,32,33);2*1H. The number of carbonyl (C=O) groups excluding carboxylic acids is 1. The number of likely N-dealkylation sites (tertiary alicyclic amines) is 1. The van der Waals surface area contributed by atoms with Crippen LogP contribution in [0.3, 0.4) is 0 Å². The molecule has 1 aliphatic heterocycles. The zero-order valence-corrected chi connectivity index (χ0v) is 24.3. The van der Waals surface area contributed by atoms with Crippen LogP contribution in [0.2, 0.25) is 0 Å². The number of halogens is 2. The van der Waals surface area contributed by atoms with Crippen LogP contribution in [0.15, 0.2) is 72.8 Å². The van der Waals surface area contributed by atoms with E-state index < -0.39 is 0 Å². The Kier molecular flexibility index (Phi) is 10.7. The molecule has 0 aliphatic carbocycles. The largest absolute Gasteiger partial charge is 0.490 e. The Morgan fingerprint density at radius 2 is 1.61 bits per heavy atom. The SMILES string of the molecule is CC(=N)N1CCC(Oc2ccc(OCc3nc4cc(C(=N)N)ccc4n3CC(=O)c3ccccc3)cc2)CC1.Cl.Cl. The van der Waals surface area contributed by atoms with Crippen LogP contribution in [0.1, 0.15) is 41.5 Å². The number of ketones is 1. The molecular weight excluding hydrogens is 563 g/mol. The molecule has 0 spiro atoms. The lowest BCUT2D eigenvalue weighted by molar-refractivity contribution is 0.0971. The molecule has 3 aromatic carbocycles. The first kappa shape index (κ1) is 31.4. The van der Waals surface area contributed by atoms with Gasteiger partial charge in [-0.15, -0.1) is 24.8 Å². The summed E-state index contributed by atoms with van der Waals surface area (Å²) < 4.78 is 14.1. The lowest BCUT2D eigenvalue weighted by Crippen LogP contribution is -2.40. The average Bonchev–Trinajstić information content (AvgIpc) is 3.29. The molecule has 4 aromatic rings. The number of nitrogens with zero attached hydrogens (tertiary/aromatic N) is 3. The third-order valence-corrected chi connectivity index (χ3v) is 6.95. The number of hydrogen-bond acceptors (Lipinski definition) is 6. The number of piperidine rings is 1. The van der Waals surface area contributed by atoms with E-state index in [-0.39, 0.29) is 55.7 Å². The number of nitrogen functional groups attached to an aromatic ring is 1. The maximum Gasteiger partial charge on any atom is 0.182 e. The Morgan fingerprint density at radius 1 is 0.951 bits per heavy atom. The number of ether oxygens (including phenoxy) is 2. The molecule has 5 rings (SSSR count). The normalized spacial score (nSPS) is 13.1. The second-order valence-corrected chi connectivity index (χ2v) is 9.67. The van der Waals surface area contributed by atoms with Gasteiger partial charge in [0.15, 0.2) is 5.78 Å². The first-order chi connectivity index (χ1) is 18.9. The summed E-state index contributed by atoms with van der Waals surface area (Å²) in [7, 11) is 0. The van der Waals surface area contributed by atoms with Gasteiger partial charge in [-0.05, 0) is 49.4 Å². The van der Waals surface area contributed by atoms with Crippen LogP contribution in [0, 0.1) is 10.8 Å². The summed E-state index contributed by atoms with van der Waals surface area (Å²) in [4.78, 5) is 19.8. The van der Waals surface area contributed by atoms with E-state index in [1.54, 1.807) is 24.3 Å². The van der Waals surface area contributed by atoms with Crippen molar-refractivity contribution >= 4 is 53.3 Å². The number of amidine groups is 2. The molecule has 216 valence electrons. The first-order valence-corrected chi connectivity index (χ1v) is 13.0. The minimum Gasteiger partial charge on any atom is -0.490 e. The summed E-state index contributed by atoms with van der Waals surface area (Å²) >= 11 is 0. The molecule has 41 heavy (non-hydrogen) atoms. The molecule has 0 unspecified atom stereocenters. The molecule has 0 radical (unpaired) electrons. The zero-order valence-electron chi connectivity index (χ0n) is 22.7. The summed E-state index contributed by atoms with van der Waals surface area (Å²) in [5, 5.41) is 15.5. The first-order valence-electron chi connectivity index (χ1n) is 13.0. The van der Waals surface area contributed by atoms with Gasteiger partial charge >= 0.3 is 0 Å². The van der Waals surface area contributed by atoms with Crippen LogP contribution in [0.5, 0.6) is 11.5 Å². The predicted octanol–water partition coefficient (Wildman–Crippen LogP) is 5.47. The minimum atomic E-state index is -0.0395. The van der Waals surface area contributed by atoms with Crippen molar-refractivity contribution in [2.45, 2.75) is 39.0 Å². The second-order valence-electron chi connectivity index (χ2n) is 9.67. The number of hydrogen-bond donors (Lipinski definition) is 3. The van der Waals surface area contributed by atoms with Gasteiger partial charge in [-0.25, -0.2) is 4.98 Å². The van der Waals surface area contributed by atoms with E-state index in [4.69, 9.17) is 31.0 Å². The van der Waals surface area contributed by atoms with Gasteiger partial charge in [-0.2, -0.15) is 0 Å². The van der Waals surface area contributed by atoms with E-state index >= 15 is 0 Å². The smallest absolute Gasteiger partial charge is 0.182 e. The van der Waals surface area contributed by atoms with Gasteiger partial charge in [-0.3, -0.25) is 15.6 Å². The third kappa shape index (κ3) is 7.56. The van der Waals surface area contributed by atoms with Crippen molar-refractivity contribution < 1.29 is 14.3 Å². The highest BCUT2D eigenvalue weighted by Gasteiger charge is 2.21. The minimum absolute atomic E-state index is 0. The lowest BCUT2D eigenvalue weighted by Gasteiger charge is -2.32. The van der Waals surface area contributed by atoms with Gasteiger partial charge in [0, 0.05) is 37.1 Å². The fraction of sp³-hybridized carbons (Fsp3) is 0.267. The monoisotopic (exact) mass is 596 g/mol. The fourth-order valence-electron chi connectivity index (χ4n) is 4.76. The van der Waals surface area contributed by atoms with Gasteiger partial charge in [0.2, 0.25) is 0 Å². The zero-order chi connectivity index (χ0) is 27.4. The number of rotatable bonds is 9. The maximum atomic E-state index is 13.0. The number of Topliss-reactive ketones (excluding diaryl/α,β-unsaturated/α-hetero) is 1. The molecule has 11 heteroatoms. The summed E-state index contributed by atoms with van der Waals surface area (Å²) in [6.07, 6.45) is 1.91. The second kappa shape index (κ2) is 14.0. The summed E-state index contributed by atoms with van der Waals surface area (Å²) in [5.74, 6) is 2.58. The van der Waals surface area contributed by atoms with Crippen LogP contribution in [0.25, 0.3) is 11.0 Å². The lowest BCUT2D eigenvalue weighted by atomic mass is 10.1. The quantitative estimate of drug-likeness (QED) is 0.133. The van der Waals surface area contributed by atoms with Crippen molar-refractivity contribution in [3.05, 3.63) is 89.7 Å². The molecule has 1 aromatic heterocycles. The Labute approximate surface area is 251 Å². The Hall–Kier alpha value is -4.08. The van der Waals surface area contributed by atoms with Crippen molar-refractivity contribution in [3.8, 4) is 11.5 Å². The van der Waals surface area contributed by atoms with Gasteiger partial charge in [-0.1, -0.05) is 30.3 Å². The van der Waals surface area contributed by atoms with E-state index in [9.17, 15) is 4.79 Å². The van der Waals surface area contributed by atoms with E-state index in [0.29, 0.717) is 34.1 Å². The molecule has 1 aliphatic rings. The van der Waals surface area contributed by atoms with Crippen LogP contribution in [0.4, 0.5) is 0 Å². The topological polar surface area (TPSA) is 130 Å². The molecule has 0 bridgehead atoms. The highest BCUT2D eigenvalue weighted by atomic mass is 35.5. The van der Waals surface area contributed by atoms with Crippen LogP contribution >= 0.6 is 24.8 Å². The van der Waals surface area contributed by atoms with Crippen LogP contribution < -0.4 is 15.2 Å². The van der Waals surface area contributed by atoms with Gasteiger partial charge in [0.25, 0.3) is 0 Å². The molecule has 0 amide bonds. The molecular formula is C30H34Cl2N6O3. The van der Waals surface area contributed by atoms with Gasteiger partial charge < -0.3 is 24.7 Å². The number of carbonyl (C=O) groups is 1. The number of fused-ring (bicyclic) bond motifs is 1. The summed E-state index contributed by atoms with van der Waals surface area (Å²) in [5.41, 5.74) is 8.30. The molecule has 1 fully saturated rings. The summed E-state index contributed by atoms with van der Waals surface area (Å²) in [6, 6.07) is 22.0. The fourth-order valence-corrected chi connectivity index (χ4v) is 4.76. The van der Waals surface area contributed by atoms with Crippen molar-refractivity contribution in [2.75, 3.05) is 13.1 Å². The van der Waals surface area contributed by atoms with Gasteiger partial charge in [0.1, 0.15) is 35.9 Å².